The van der Waals surface area contributed by atoms with Crippen molar-refractivity contribution in [3.05, 3.63) is 35.6 Å². The number of morpholine rings is 1. The van der Waals surface area contributed by atoms with Crippen molar-refractivity contribution in [2.45, 2.75) is 19.1 Å². The Morgan fingerprint density at radius 2 is 2.18 bits per heavy atom. The van der Waals surface area contributed by atoms with E-state index in [0.29, 0.717) is 19.7 Å². The van der Waals surface area contributed by atoms with Gasteiger partial charge in [0.1, 0.15) is 11.9 Å². The molecule has 1 aliphatic rings. The highest BCUT2D eigenvalue weighted by atomic mass is 19.1. The van der Waals surface area contributed by atoms with Crippen molar-refractivity contribution in [3.63, 3.8) is 0 Å². The van der Waals surface area contributed by atoms with Gasteiger partial charge in [0.15, 0.2) is 0 Å². The lowest BCUT2D eigenvalue weighted by Crippen LogP contribution is -2.47. The summed E-state index contributed by atoms with van der Waals surface area (Å²) in [6.45, 7) is 3.63. The first kappa shape index (κ1) is 16.9. The molecule has 5 nitrogen and oxygen atoms in total. The summed E-state index contributed by atoms with van der Waals surface area (Å²) in [7, 11) is 1.82. The highest BCUT2D eigenvalue weighted by Gasteiger charge is 2.26. The molecule has 1 saturated heterocycles. The Balaban J connectivity index is 1.95. The largest absolute Gasteiger partial charge is 0.395 e. The van der Waals surface area contributed by atoms with Crippen molar-refractivity contribution < 1.29 is 19.0 Å². The zero-order chi connectivity index (χ0) is 16.1. The van der Waals surface area contributed by atoms with Crippen LogP contribution in [0.4, 0.5) is 4.39 Å². The molecule has 0 aromatic heterocycles. The number of hydrogen-bond acceptors (Lipinski definition) is 4. The number of halogens is 1. The Bertz CT molecular complexity index is 495. The molecule has 0 spiro atoms. The second kappa shape index (κ2) is 7.67. The lowest BCUT2D eigenvalue weighted by Gasteiger charge is -2.34. The van der Waals surface area contributed by atoms with Gasteiger partial charge in [-0.05, 0) is 31.7 Å². The second-order valence-corrected chi connectivity index (χ2v) is 5.70. The molecule has 1 aliphatic heterocycles. The number of aliphatic hydroxyl groups is 1. The van der Waals surface area contributed by atoms with Gasteiger partial charge < -0.3 is 14.7 Å². The third-order valence-corrected chi connectivity index (χ3v) is 4.06. The first-order valence-electron chi connectivity index (χ1n) is 7.47. The zero-order valence-corrected chi connectivity index (χ0v) is 13.0. The smallest absolute Gasteiger partial charge is 0.236 e. The van der Waals surface area contributed by atoms with Crippen LogP contribution in [0.25, 0.3) is 0 Å². The number of likely N-dealkylation sites (N-methyl/N-ethyl adjacent to an activating group) is 1. The molecule has 1 N–H and O–H groups in total. The molecule has 0 radical (unpaired) electrons. The summed E-state index contributed by atoms with van der Waals surface area (Å²) in [6, 6.07) is 6.12. The van der Waals surface area contributed by atoms with Gasteiger partial charge in [-0.2, -0.15) is 0 Å². The minimum atomic E-state index is -0.285. The molecular weight excluding hydrogens is 287 g/mol. The van der Waals surface area contributed by atoms with Crippen molar-refractivity contribution in [3.8, 4) is 0 Å². The molecule has 6 heteroatoms. The average Bonchev–Trinajstić information content (AvgIpc) is 2.54. The maximum atomic E-state index is 13.0. The molecule has 122 valence electrons. The number of ether oxygens (including phenoxy) is 1. The fourth-order valence-electron chi connectivity index (χ4n) is 2.36. The van der Waals surface area contributed by atoms with E-state index < -0.39 is 0 Å². The van der Waals surface area contributed by atoms with E-state index in [9.17, 15) is 9.18 Å². The highest BCUT2D eigenvalue weighted by Crippen LogP contribution is 2.22. The molecule has 1 fully saturated rings. The maximum absolute atomic E-state index is 13.0. The first-order chi connectivity index (χ1) is 10.5. The van der Waals surface area contributed by atoms with E-state index in [0.717, 1.165) is 5.56 Å². The van der Waals surface area contributed by atoms with Crippen LogP contribution in [0.5, 0.6) is 0 Å². The number of benzene rings is 1. The summed E-state index contributed by atoms with van der Waals surface area (Å²) in [5.41, 5.74) is 0.871. The van der Waals surface area contributed by atoms with Gasteiger partial charge in [-0.15, -0.1) is 0 Å². The third-order valence-electron chi connectivity index (χ3n) is 4.06. The minimum absolute atomic E-state index is 0.0122. The summed E-state index contributed by atoms with van der Waals surface area (Å²) in [4.78, 5) is 15.9. The van der Waals surface area contributed by atoms with Gasteiger partial charge in [0, 0.05) is 12.6 Å². The van der Waals surface area contributed by atoms with Gasteiger partial charge in [0.05, 0.1) is 26.3 Å². The lowest BCUT2D eigenvalue weighted by molar-refractivity contribution is -0.140. The fraction of sp³-hybridized carbons (Fsp3) is 0.562. The quantitative estimate of drug-likeness (QED) is 0.883. The lowest BCUT2D eigenvalue weighted by atomic mass is 10.1. The van der Waals surface area contributed by atoms with Crippen LogP contribution in [0, 0.1) is 5.82 Å². The zero-order valence-electron chi connectivity index (χ0n) is 13.0. The van der Waals surface area contributed by atoms with E-state index in [-0.39, 0.29) is 37.0 Å². The van der Waals surface area contributed by atoms with E-state index in [1.165, 1.54) is 12.1 Å². The Hall–Kier alpha value is -1.50. The topological polar surface area (TPSA) is 53.0 Å². The number of rotatable bonds is 5. The summed E-state index contributed by atoms with van der Waals surface area (Å²) in [5, 5.41) is 9.12. The molecule has 22 heavy (non-hydrogen) atoms. The SMILES string of the molecule is CC(CO)N(C)CC(=O)N1CCOC(c2ccc(F)cc2)C1. The molecule has 0 aliphatic carbocycles. The van der Waals surface area contributed by atoms with Crippen LogP contribution in [-0.2, 0) is 9.53 Å². The van der Waals surface area contributed by atoms with Crippen LogP contribution in [-0.4, -0.2) is 66.8 Å². The number of carbonyl (C=O) groups excluding carboxylic acids is 1. The standard InChI is InChI=1S/C16H23FN2O3/c1-12(11-20)18(2)10-16(21)19-7-8-22-15(9-19)13-3-5-14(17)6-4-13/h3-6,12,15,20H,7-11H2,1-2H3. The van der Waals surface area contributed by atoms with Crippen molar-refractivity contribution in [1.82, 2.24) is 9.80 Å². The number of nitrogens with zero attached hydrogens (tertiary/aromatic N) is 2. The number of amides is 1. The van der Waals surface area contributed by atoms with Gasteiger partial charge in [-0.25, -0.2) is 4.39 Å². The molecule has 0 saturated carbocycles. The molecule has 2 rings (SSSR count). The van der Waals surface area contributed by atoms with Crippen LogP contribution in [0.2, 0.25) is 0 Å². The molecule has 1 aromatic carbocycles. The second-order valence-electron chi connectivity index (χ2n) is 5.70. The van der Waals surface area contributed by atoms with Crippen LogP contribution < -0.4 is 0 Å². The van der Waals surface area contributed by atoms with Gasteiger partial charge in [-0.1, -0.05) is 12.1 Å². The van der Waals surface area contributed by atoms with E-state index in [2.05, 4.69) is 0 Å². The average molecular weight is 310 g/mol. The molecule has 1 heterocycles. The molecule has 2 atom stereocenters. The van der Waals surface area contributed by atoms with Gasteiger partial charge in [-0.3, -0.25) is 9.69 Å². The predicted molar refractivity (Wildman–Crippen MR) is 80.9 cm³/mol. The highest BCUT2D eigenvalue weighted by molar-refractivity contribution is 5.78. The number of aliphatic hydroxyl groups excluding tert-OH is 1. The van der Waals surface area contributed by atoms with Gasteiger partial charge in [0.2, 0.25) is 5.91 Å². The fourth-order valence-corrected chi connectivity index (χ4v) is 2.36. The van der Waals surface area contributed by atoms with E-state index >= 15 is 0 Å². The third kappa shape index (κ3) is 4.25. The Morgan fingerprint density at radius 3 is 2.82 bits per heavy atom. The Kier molecular flexibility index (Phi) is 5.88. The maximum Gasteiger partial charge on any atom is 0.236 e. The van der Waals surface area contributed by atoms with Crippen LogP contribution in [0.1, 0.15) is 18.6 Å². The predicted octanol–water partition coefficient (Wildman–Crippen LogP) is 1.04. The van der Waals surface area contributed by atoms with Crippen LogP contribution in [0.3, 0.4) is 0 Å². The minimum Gasteiger partial charge on any atom is -0.395 e. The van der Waals surface area contributed by atoms with E-state index in [4.69, 9.17) is 9.84 Å². The molecule has 1 aromatic rings. The molecule has 0 bridgehead atoms. The van der Waals surface area contributed by atoms with Crippen LogP contribution >= 0.6 is 0 Å². The molecule has 2 unspecified atom stereocenters. The van der Waals surface area contributed by atoms with Gasteiger partial charge in [0.25, 0.3) is 0 Å². The number of hydrogen-bond donors (Lipinski definition) is 1. The summed E-state index contributed by atoms with van der Waals surface area (Å²) in [6.07, 6.45) is -0.223. The van der Waals surface area contributed by atoms with Crippen molar-refractivity contribution >= 4 is 5.91 Å². The van der Waals surface area contributed by atoms with E-state index in [1.807, 2.05) is 18.9 Å². The van der Waals surface area contributed by atoms with Gasteiger partial charge >= 0.3 is 0 Å². The number of carbonyl (C=O) groups is 1. The van der Waals surface area contributed by atoms with Crippen molar-refractivity contribution in [2.24, 2.45) is 0 Å². The van der Waals surface area contributed by atoms with Crippen LogP contribution in [0.15, 0.2) is 24.3 Å². The summed E-state index contributed by atoms with van der Waals surface area (Å²) < 4.78 is 18.7. The summed E-state index contributed by atoms with van der Waals surface area (Å²) in [5.74, 6) is -0.273. The first-order valence-corrected chi connectivity index (χ1v) is 7.47. The van der Waals surface area contributed by atoms with Crippen molar-refractivity contribution in [1.29, 1.82) is 0 Å². The Morgan fingerprint density at radius 1 is 1.50 bits per heavy atom. The summed E-state index contributed by atoms with van der Waals surface area (Å²) >= 11 is 0. The normalized spacial score (nSPS) is 20.2. The molecule has 1 amide bonds. The van der Waals surface area contributed by atoms with Crippen molar-refractivity contribution in [2.75, 3.05) is 39.9 Å². The Labute approximate surface area is 130 Å². The van der Waals surface area contributed by atoms with E-state index in [1.54, 1.807) is 17.0 Å². The molecular formula is C16H23FN2O3. The monoisotopic (exact) mass is 310 g/mol.